The smallest absolute Gasteiger partial charge is 0.118 e. The largest absolute Gasteiger partial charge is 0.497 e. The Bertz CT molecular complexity index is 343. The molecule has 18 heavy (non-hydrogen) atoms. The van der Waals surface area contributed by atoms with Crippen molar-refractivity contribution in [2.45, 2.75) is 38.6 Å². The first-order valence-corrected chi connectivity index (χ1v) is 6.21. The highest BCUT2D eigenvalue weighted by atomic mass is 16.5. The molecule has 0 heterocycles. The molecule has 100 valence electrons. The van der Waals surface area contributed by atoms with Crippen LogP contribution in [0.5, 0.6) is 5.75 Å². The minimum atomic E-state index is -0.294. The van der Waals surface area contributed by atoms with Crippen molar-refractivity contribution in [1.29, 1.82) is 0 Å². The third-order valence-corrected chi connectivity index (χ3v) is 2.75. The molecule has 0 aliphatic rings. The van der Waals surface area contributed by atoms with E-state index in [2.05, 4.69) is 6.58 Å². The topological polar surface area (TPSA) is 38.7 Å². The Hall–Kier alpha value is -1.32. The first-order valence-electron chi connectivity index (χ1n) is 6.21. The van der Waals surface area contributed by atoms with Gasteiger partial charge in [-0.3, -0.25) is 0 Å². The second-order valence-corrected chi connectivity index (χ2v) is 4.36. The van der Waals surface area contributed by atoms with Gasteiger partial charge in [0.05, 0.1) is 25.9 Å². The summed E-state index contributed by atoms with van der Waals surface area (Å²) in [5.41, 5.74) is 1.10. The highest BCUT2D eigenvalue weighted by Gasteiger charge is 2.07. The average molecular weight is 250 g/mol. The molecule has 0 fully saturated rings. The SMILES string of the molecule is C=C[C@H](CC[C@@H](C)O)OCc1ccc(OC)cc1. The summed E-state index contributed by atoms with van der Waals surface area (Å²) >= 11 is 0. The van der Waals surface area contributed by atoms with Crippen LogP contribution in [-0.2, 0) is 11.3 Å². The third-order valence-electron chi connectivity index (χ3n) is 2.75. The van der Waals surface area contributed by atoms with E-state index in [-0.39, 0.29) is 12.2 Å². The van der Waals surface area contributed by atoms with E-state index in [0.717, 1.165) is 24.2 Å². The van der Waals surface area contributed by atoms with Gasteiger partial charge >= 0.3 is 0 Å². The van der Waals surface area contributed by atoms with Crippen LogP contribution >= 0.6 is 0 Å². The summed E-state index contributed by atoms with van der Waals surface area (Å²) in [6.07, 6.45) is 2.99. The summed E-state index contributed by atoms with van der Waals surface area (Å²) in [6.45, 7) is 6.08. The summed E-state index contributed by atoms with van der Waals surface area (Å²) in [5, 5.41) is 9.24. The minimum Gasteiger partial charge on any atom is -0.497 e. The molecule has 0 unspecified atom stereocenters. The summed E-state index contributed by atoms with van der Waals surface area (Å²) in [6, 6.07) is 7.79. The van der Waals surface area contributed by atoms with Gasteiger partial charge in [-0.15, -0.1) is 6.58 Å². The first-order chi connectivity index (χ1) is 8.65. The van der Waals surface area contributed by atoms with Gasteiger partial charge in [0, 0.05) is 0 Å². The van der Waals surface area contributed by atoms with E-state index in [4.69, 9.17) is 9.47 Å². The van der Waals surface area contributed by atoms with Crippen molar-refractivity contribution in [3.05, 3.63) is 42.5 Å². The van der Waals surface area contributed by atoms with E-state index in [1.165, 1.54) is 0 Å². The van der Waals surface area contributed by atoms with Crippen LogP contribution in [0.25, 0.3) is 0 Å². The zero-order valence-corrected chi connectivity index (χ0v) is 11.1. The molecule has 2 atom stereocenters. The molecule has 1 aromatic carbocycles. The number of ether oxygens (including phenoxy) is 2. The van der Waals surface area contributed by atoms with Crippen LogP contribution in [0, 0.1) is 0 Å². The lowest BCUT2D eigenvalue weighted by Gasteiger charge is -2.15. The molecule has 1 aromatic rings. The van der Waals surface area contributed by atoms with Crippen LogP contribution in [-0.4, -0.2) is 24.4 Å². The van der Waals surface area contributed by atoms with Crippen molar-refractivity contribution in [2.75, 3.05) is 7.11 Å². The van der Waals surface area contributed by atoms with Crippen molar-refractivity contribution in [3.8, 4) is 5.75 Å². The first kappa shape index (κ1) is 14.7. The van der Waals surface area contributed by atoms with Crippen LogP contribution in [0.15, 0.2) is 36.9 Å². The number of hydrogen-bond donors (Lipinski definition) is 1. The van der Waals surface area contributed by atoms with Crippen LogP contribution in [0.4, 0.5) is 0 Å². The number of methoxy groups -OCH3 is 1. The predicted molar refractivity (Wildman–Crippen MR) is 72.7 cm³/mol. The maximum absolute atomic E-state index is 9.24. The van der Waals surface area contributed by atoms with Gasteiger partial charge in [0.1, 0.15) is 5.75 Å². The molecule has 1 rings (SSSR count). The van der Waals surface area contributed by atoms with E-state index >= 15 is 0 Å². The molecule has 0 aliphatic heterocycles. The van der Waals surface area contributed by atoms with Crippen molar-refractivity contribution in [3.63, 3.8) is 0 Å². The van der Waals surface area contributed by atoms with Crippen molar-refractivity contribution in [2.24, 2.45) is 0 Å². The lowest BCUT2D eigenvalue weighted by atomic mass is 10.1. The number of rotatable bonds is 8. The zero-order chi connectivity index (χ0) is 13.4. The van der Waals surface area contributed by atoms with Crippen LogP contribution in [0.2, 0.25) is 0 Å². The fourth-order valence-electron chi connectivity index (χ4n) is 1.60. The molecule has 0 amide bonds. The monoisotopic (exact) mass is 250 g/mol. The lowest BCUT2D eigenvalue weighted by Crippen LogP contribution is -2.12. The molecule has 0 saturated carbocycles. The Balaban J connectivity index is 2.39. The summed E-state index contributed by atoms with van der Waals surface area (Å²) in [4.78, 5) is 0. The number of benzene rings is 1. The predicted octanol–water partition coefficient (Wildman–Crippen LogP) is 2.93. The van der Waals surface area contributed by atoms with Crippen molar-refractivity contribution >= 4 is 0 Å². The van der Waals surface area contributed by atoms with E-state index in [9.17, 15) is 5.11 Å². The average Bonchev–Trinajstić information content (AvgIpc) is 2.39. The van der Waals surface area contributed by atoms with E-state index < -0.39 is 0 Å². The fourth-order valence-corrected chi connectivity index (χ4v) is 1.60. The van der Waals surface area contributed by atoms with Gasteiger partial charge in [-0.25, -0.2) is 0 Å². The standard InChI is InChI=1S/C15H22O3/c1-4-14(8-5-12(2)16)18-11-13-6-9-15(17-3)10-7-13/h4,6-7,9-10,12,14,16H,1,5,8,11H2,2-3H3/t12-,14-/m1/s1. The highest BCUT2D eigenvalue weighted by Crippen LogP contribution is 2.14. The number of hydrogen-bond acceptors (Lipinski definition) is 3. The van der Waals surface area contributed by atoms with Gasteiger partial charge in [-0.05, 0) is 37.5 Å². The van der Waals surface area contributed by atoms with E-state index in [1.54, 1.807) is 20.1 Å². The molecule has 0 bridgehead atoms. The van der Waals surface area contributed by atoms with Crippen molar-refractivity contribution < 1.29 is 14.6 Å². The number of aliphatic hydroxyl groups excluding tert-OH is 1. The minimum absolute atomic E-state index is 0.0123. The Morgan fingerprint density at radius 2 is 1.94 bits per heavy atom. The van der Waals surface area contributed by atoms with Crippen LogP contribution in [0.1, 0.15) is 25.3 Å². The quantitative estimate of drug-likeness (QED) is 0.721. The van der Waals surface area contributed by atoms with Crippen LogP contribution in [0.3, 0.4) is 0 Å². The van der Waals surface area contributed by atoms with Gasteiger partial charge in [-0.2, -0.15) is 0 Å². The molecule has 0 spiro atoms. The second kappa shape index (κ2) is 7.90. The summed E-state index contributed by atoms with van der Waals surface area (Å²) in [5.74, 6) is 0.841. The van der Waals surface area contributed by atoms with Crippen molar-refractivity contribution in [1.82, 2.24) is 0 Å². The molecule has 0 radical (unpaired) electrons. The Morgan fingerprint density at radius 3 is 2.44 bits per heavy atom. The normalized spacial score (nSPS) is 13.9. The van der Waals surface area contributed by atoms with Gasteiger partial charge in [0.25, 0.3) is 0 Å². The molecule has 0 aliphatic carbocycles. The number of aliphatic hydroxyl groups is 1. The third kappa shape index (κ3) is 5.34. The zero-order valence-electron chi connectivity index (χ0n) is 11.1. The second-order valence-electron chi connectivity index (χ2n) is 4.36. The summed E-state index contributed by atoms with van der Waals surface area (Å²) < 4.78 is 10.8. The van der Waals surface area contributed by atoms with E-state index in [1.807, 2.05) is 24.3 Å². The fraction of sp³-hybridized carbons (Fsp3) is 0.467. The lowest BCUT2D eigenvalue weighted by molar-refractivity contribution is 0.0549. The molecule has 3 nitrogen and oxygen atoms in total. The molecule has 1 N–H and O–H groups in total. The molecule has 0 saturated heterocycles. The Morgan fingerprint density at radius 1 is 1.28 bits per heavy atom. The van der Waals surface area contributed by atoms with Gasteiger partial charge in [-0.1, -0.05) is 18.2 Å². The maximum atomic E-state index is 9.24. The van der Waals surface area contributed by atoms with Gasteiger partial charge < -0.3 is 14.6 Å². The van der Waals surface area contributed by atoms with E-state index in [0.29, 0.717) is 6.61 Å². The Kier molecular flexibility index (Phi) is 6.47. The van der Waals surface area contributed by atoms with Crippen LogP contribution < -0.4 is 4.74 Å². The molecular weight excluding hydrogens is 228 g/mol. The summed E-state index contributed by atoms with van der Waals surface area (Å²) in [7, 11) is 1.65. The Labute approximate surface area is 109 Å². The van der Waals surface area contributed by atoms with Gasteiger partial charge in [0.15, 0.2) is 0 Å². The molecular formula is C15H22O3. The molecule has 0 aromatic heterocycles. The van der Waals surface area contributed by atoms with Gasteiger partial charge in [0.2, 0.25) is 0 Å². The maximum Gasteiger partial charge on any atom is 0.118 e. The molecule has 3 heteroatoms. The highest BCUT2D eigenvalue weighted by molar-refractivity contribution is 5.26.